The summed E-state index contributed by atoms with van der Waals surface area (Å²) in [4.78, 5) is 26.1. The predicted molar refractivity (Wildman–Crippen MR) is 118 cm³/mol. The summed E-state index contributed by atoms with van der Waals surface area (Å²) in [5.41, 5.74) is 1.73. The molecule has 0 aliphatic carbocycles. The van der Waals surface area contributed by atoms with Gasteiger partial charge in [0.05, 0.1) is 13.2 Å². The molecule has 30 heavy (non-hydrogen) atoms. The van der Waals surface area contributed by atoms with E-state index in [0.717, 1.165) is 30.6 Å². The van der Waals surface area contributed by atoms with E-state index in [1.807, 2.05) is 80.3 Å². The third kappa shape index (κ3) is 7.90. The number of carbonyl (C=O) groups is 2. The minimum atomic E-state index is -0.133. The van der Waals surface area contributed by atoms with Gasteiger partial charge in [0.25, 0.3) is 5.91 Å². The molecule has 0 N–H and O–H groups in total. The van der Waals surface area contributed by atoms with Crippen molar-refractivity contribution in [2.24, 2.45) is 0 Å². The number of benzene rings is 2. The average molecular weight is 412 g/mol. The van der Waals surface area contributed by atoms with Crippen molar-refractivity contribution in [3.05, 3.63) is 65.7 Å². The molecule has 0 atom stereocenters. The molecule has 0 spiro atoms. The van der Waals surface area contributed by atoms with E-state index in [2.05, 4.69) is 0 Å². The number of unbranched alkanes of at least 4 members (excludes halogenated alkanes) is 2. The molecule has 0 aliphatic heterocycles. The Bertz CT molecular complexity index is 789. The van der Waals surface area contributed by atoms with E-state index in [4.69, 9.17) is 9.47 Å². The molecule has 2 rings (SSSR count). The third-order valence-electron chi connectivity index (χ3n) is 4.76. The Morgan fingerprint density at radius 3 is 2.43 bits per heavy atom. The van der Waals surface area contributed by atoms with Crippen molar-refractivity contribution in [2.45, 2.75) is 59.0 Å². The van der Waals surface area contributed by atoms with Gasteiger partial charge in [0.15, 0.2) is 0 Å². The van der Waals surface area contributed by atoms with Gasteiger partial charge in [0.2, 0.25) is 0 Å². The van der Waals surface area contributed by atoms with Crippen LogP contribution in [0.15, 0.2) is 54.6 Å². The van der Waals surface area contributed by atoms with Crippen molar-refractivity contribution >= 4 is 11.9 Å². The predicted octanol–water partition coefficient (Wildman–Crippen LogP) is 5.24. The van der Waals surface area contributed by atoms with Gasteiger partial charge in [-0.15, -0.1) is 0 Å². The normalized spacial score (nSPS) is 10.7. The van der Waals surface area contributed by atoms with Crippen LogP contribution >= 0.6 is 0 Å². The highest BCUT2D eigenvalue weighted by Gasteiger charge is 2.19. The summed E-state index contributed by atoms with van der Waals surface area (Å²) in [5.74, 6) is 0.693. The number of nitrogens with zero attached hydrogens (tertiary/aromatic N) is 1. The number of hydrogen-bond acceptors (Lipinski definition) is 4. The first-order chi connectivity index (χ1) is 14.5. The topological polar surface area (TPSA) is 55.8 Å². The van der Waals surface area contributed by atoms with Crippen LogP contribution in [0.2, 0.25) is 0 Å². The van der Waals surface area contributed by atoms with Crippen LogP contribution in [0.25, 0.3) is 0 Å². The van der Waals surface area contributed by atoms with Gasteiger partial charge in [-0.05, 0) is 69.9 Å². The van der Waals surface area contributed by atoms with Crippen LogP contribution in [0.1, 0.15) is 62.4 Å². The smallest absolute Gasteiger partial charge is 0.305 e. The zero-order valence-electron chi connectivity index (χ0n) is 18.3. The lowest BCUT2D eigenvalue weighted by Crippen LogP contribution is -2.36. The highest BCUT2D eigenvalue weighted by molar-refractivity contribution is 5.94. The molecule has 0 unspecified atom stereocenters. The van der Waals surface area contributed by atoms with Crippen LogP contribution in [0.3, 0.4) is 0 Å². The SMILES string of the molecule is CCOC(=O)CCCCCOc1cccc(CN(C(=O)c2ccccc2)C(C)C)c1. The van der Waals surface area contributed by atoms with Crippen LogP contribution in [-0.4, -0.2) is 36.0 Å². The van der Waals surface area contributed by atoms with Crippen molar-refractivity contribution in [1.82, 2.24) is 4.90 Å². The molecule has 0 aromatic heterocycles. The molecule has 0 saturated heterocycles. The number of esters is 1. The Kier molecular flexibility index (Phi) is 9.92. The molecule has 1 amide bonds. The highest BCUT2D eigenvalue weighted by atomic mass is 16.5. The van der Waals surface area contributed by atoms with Gasteiger partial charge >= 0.3 is 5.97 Å². The fraction of sp³-hybridized carbons (Fsp3) is 0.440. The van der Waals surface area contributed by atoms with Crippen LogP contribution < -0.4 is 4.74 Å². The lowest BCUT2D eigenvalue weighted by molar-refractivity contribution is -0.143. The van der Waals surface area contributed by atoms with Gasteiger partial charge in [-0.3, -0.25) is 9.59 Å². The zero-order valence-corrected chi connectivity index (χ0v) is 18.3. The molecule has 0 aliphatic rings. The van der Waals surface area contributed by atoms with Crippen LogP contribution in [-0.2, 0) is 16.1 Å². The van der Waals surface area contributed by atoms with Crippen molar-refractivity contribution in [1.29, 1.82) is 0 Å². The largest absolute Gasteiger partial charge is 0.494 e. The Morgan fingerprint density at radius 1 is 0.967 bits per heavy atom. The summed E-state index contributed by atoms with van der Waals surface area (Å²) in [6, 6.07) is 17.3. The Labute approximate surface area is 180 Å². The number of hydrogen-bond donors (Lipinski definition) is 0. The van der Waals surface area contributed by atoms with E-state index in [-0.39, 0.29) is 17.9 Å². The van der Waals surface area contributed by atoms with Gasteiger partial charge in [-0.1, -0.05) is 30.3 Å². The van der Waals surface area contributed by atoms with Crippen molar-refractivity contribution in [3.63, 3.8) is 0 Å². The molecule has 5 nitrogen and oxygen atoms in total. The Hall–Kier alpha value is -2.82. The van der Waals surface area contributed by atoms with Crippen LogP contribution in [0.5, 0.6) is 5.75 Å². The third-order valence-corrected chi connectivity index (χ3v) is 4.76. The van der Waals surface area contributed by atoms with E-state index in [1.54, 1.807) is 0 Å². The van der Waals surface area contributed by atoms with E-state index < -0.39 is 0 Å². The molecule has 0 bridgehead atoms. The summed E-state index contributed by atoms with van der Waals surface area (Å²) in [6.45, 7) is 7.43. The summed E-state index contributed by atoms with van der Waals surface area (Å²) >= 11 is 0. The molecule has 0 radical (unpaired) electrons. The summed E-state index contributed by atoms with van der Waals surface area (Å²) in [7, 11) is 0. The molecule has 162 valence electrons. The van der Waals surface area contributed by atoms with Gasteiger partial charge in [-0.25, -0.2) is 0 Å². The summed E-state index contributed by atoms with van der Waals surface area (Å²) in [6.07, 6.45) is 3.08. The zero-order chi connectivity index (χ0) is 21.8. The van der Waals surface area contributed by atoms with E-state index >= 15 is 0 Å². The maximum Gasteiger partial charge on any atom is 0.305 e. The van der Waals surface area contributed by atoms with Crippen molar-refractivity contribution in [2.75, 3.05) is 13.2 Å². The number of carbonyl (C=O) groups excluding carboxylic acids is 2. The number of amides is 1. The summed E-state index contributed by atoms with van der Waals surface area (Å²) in [5, 5.41) is 0. The van der Waals surface area contributed by atoms with Gasteiger partial charge in [-0.2, -0.15) is 0 Å². The molecular formula is C25H33NO4. The molecule has 0 heterocycles. The maximum atomic E-state index is 12.9. The lowest BCUT2D eigenvalue weighted by Gasteiger charge is -2.27. The first kappa shape index (κ1) is 23.5. The Balaban J connectivity index is 1.85. The monoisotopic (exact) mass is 411 g/mol. The highest BCUT2D eigenvalue weighted by Crippen LogP contribution is 2.18. The van der Waals surface area contributed by atoms with E-state index in [0.29, 0.717) is 31.7 Å². The van der Waals surface area contributed by atoms with Gasteiger partial charge in [0.1, 0.15) is 5.75 Å². The first-order valence-electron chi connectivity index (χ1n) is 10.7. The Morgan fingerprint density at radius 2 is 1.73 bits per heavy atom. The average Bonchev–Trinajstić information content (AvgIpc) is 2.75. The molecule has 2 aromatic rings. The van der Waals surface area contributed by atoms with Crippen molar-refractivity contribution in [3.8, 4) is 5.75 Å². The second-order valence-electron chi connectivity index (χ2n) is 7.50. The minimum Gasteiger partial charge on any atom is -0.494 e. The van der Waals surface area contributed by atoms with Gasteiger partial charge in [0, 0.05) is 24.6 Å². The summed E-state index contributed by atoms with van der Waals surface area (Å²) < 4.78 is 10.8. The van der Waals surface area contributed by atoms with E-state index in [9.17, 15) is 9.59 Å². The standard InChI is InChI=1S/C25H33NO4/c1-4-29-24(27)16-9-6-10-17-30-23-15-11-12-21(18-23)19-26(20(2)3)25(28)22-13-7-5-8-14-22/h5,7-8,11-15,18,20H,4,6,9-10,16-17,19H2,1-3H3. The van der Waals surface area contributed by atoms with Gasteiger partial charge < -0.3 is 14.4 Å². The lowest BCUT2D eigenvalue weighted by atomic mass is 10.1. The van der Waals surface area contributed by atoms with Crippen LogP contribution in [0.4, 0.5) is 0 Å². The second kappa shape index (κ2) is 12.7. The van der Waals surface area contributed by atoms with E-state index in [1.165, 1.54) is 0 Å². The fourth-order valence-corrected chi connectivity index (χ4v) is 3.14. The molecule has 0 fully saturated rings. The first-order valence-corrected chi connectivity index (χ1v) is 10.7. The maximum absolute atomic E-state index is 12.9. The quantitative estimate of drug-likeness (QED) is 0.354. The van der Waals surface area contributed by atoms with Crippen LogP contribution in [0, 0.1) is 0 Å². The van der Waals surface area contributed by atoms with Crippen molar-refractivity contribution < 1.29 is 19.1 Å². The minimum absolute atomic E-state index is 0.0264. The molecule has 2 aromatic carbocycles. The number of rotatable bonds is 12. The number of ether oxygens (including phenoxy) is 2. The molecule has 5 heteroatoms. The fourth-order valence-electron chi connectivity index (χ4n) is 3.14. The molecule has 0 saturated carbocycles. The molecular weight excluding hydrogens is 378 g/mol. The second-order valence-corrected chi connectivity index (χ2v) is 7.50.